The standard InChI is InChI=1S/C24H40N2O3/c1-18(2)23-10-5-19(3)15-24(23)29-17-21(27)16-25-11-13-26(14-12-25)20-6-8-22(28-4)9-7-20/h6-9,18-19,21,23-24,27H,5,10-17H2,1-4H3/p+1/t19-,21+,23-,24+/m0/s1. The first kappa shape index (κ1) is 22.4. The number of quaternary nitrogens is 1. The number of nitrogens with zero attached hydrogens (tertiary/aromatic N) is 1. The fourth-order valence-electron chi connectivity index (χ4n) is 5.01. The van der Waals surface area contributed by atoms with Crippen molar-refractivity contribution in [2.75, 3.05) is 51.3 Å². The molecule has 2 N–H and O–H groups in total. The van der Waals surface area contributed by atoms with Crippen LogP contribution in [0.15, 0.2) is 24.3 Å². The number of hydrogen-bond donors (Lipinski definition) is 2. The van der Waals surface area contributed by atoms with Gasteiger partial charge in [-0.3, -0.25) is 0 Å². The summed E-state index contributed by atoms with van der Waals surface area (Å²) in [5, 5.41) is 10.6. The minimum absolute atomic E-state index is 0.315. The molecule has 0 aromatic heterocycles. The van der Waals surface area contributed by atoms with Crippen molar-refractivity contribution < 1.29 is 19.5 Å². The predicted octanol–water partition coefficient (Wildman–Crippen LogP) is 2.24. The number of ether oxygens (including phenoxy) is 2. The third-order valence-corrected chi connectivity index (χ3v) is 6.90. The molecule has 1 aliphatic heterocycles. The van der Waals surface area contributed by atoms with Crippen molar-refractivity contribution in [3.8, 4) is 5.75 Å². The van der Waals surface area contributed by atoms with Crippen LogP contribution in [0.3, 0.4) is 0 Å². The van der Waals surface area contributed by atoms with Gasteiger partial charge in [0, 0.05) is 5.69 Å². The Morgan fingerprint density at radius 3 is 2.45 bits per heavy atom. The molecule has 0 radical (unpaired) electrons. The summed E-state index contributed by atoms with van der Waals surface area (Å²) in [7, 11) is 1.70. The van der Waals surface area contributed by atoms with Crippen molar-refractivity contribution in [2.45, 2.75) is 52.2 Å². The normalized spacial score (nSPS) is 27.2. The lowest BCUT2D eigenvalue weighted by atomic mass is 9.75. The first-order valence-electron chi connectivity index (χ1n) is 11.5. The topological polar surface area (TPSA) is 46.4 Å². The number of benzene rings is 1. The van der Waals surface area contributed by atoms with Crippen molar-refractivity contribution in [2.24, 2.45) is 17.8 Å². The molecule has 4 atom stereocenters. The molecule has 1 heterocycles. The Morgan fingerprint density at radius 1 is 1.14 bits per heavy atom. The van der Waals surface area contributed by atoms with Gasteiger partial charge in [-0.25, -0.2) is 0 Å². The molecule has 5 heteroatoms. The molecule has 2 fully saturated rings. The van der Waals surface area contributed by atoms with Crippen molar-refractivity contribution >= 4 is 5.69 Å². The summed E-state index contributed by atoms with van der Waals surface area (Å²) in [6, 6.07) is 8.30. The second kappa shape index (κ2) is 10.6. The Bertz CT molecular complexity index is 599. The average Bonchev–Trinajstić information content (AvgIpc) is 2.73. The van der Waals surface area contributed by atoms with Crippen LogP contribution in [0.1, 0.15) is 40.0 Å². The van der Waals surface area contributed by atoms with Gasteiger partial charge in [-0.05, 0) is 54.9 Å². The van der Waals surface area contributed by atoms with Gasteiger partial charge in [-0.1, -0.05) is 27.2 Å². The molecule has 29 heavy (non-hydrogen) atoms. The van der Waals surface area contributed by atoms with Crippen LogP contribution in [0.25, 0.3) is 0 Å². The maximum Gasteiger partial charge on any atom is 0.126 e. The van der Waals surface area contributed by atoms with Crippen LogP contribution in [0.4, 0.5) is 5.69 Å². The van der Waals surface area contributed by atoms with E-state index in [9.17, 15) is 5.11 Å². The molecular formula is C24H41N2O3+. The summed E-state index contributed by atoms with van der Waals surface area (Å²) in [4.78, 5) is 3.89. The van der Waals surface area contributed by atoms with Gasteiger partial charge in [-0.2, -0.15) is 0 Å². The van der Waals surface area contributed by atoms with Gasteiger partial charge >= 0.3 is 0 Å². The Balaban J connectivity index is 1.40. The second-order valence-electron chi connectivity index (χ2n) is 9.49. The van der Waals surface area contributed by atoms with Crippen molar-refractivity contribution in [1.29, 1.82) is 0 Å². The Hall–Kier alpha value is -1.30. The minimum atomic E-state index is -0.373. The highest BCUT2D eigenvalue weighted by atomic mass is 16.5. The maximum atomic E-state index is 10.6. The summed E-state index contributed by atoms with van der Waals surface area (Å²) in [5.74, 6) is 2.93. The first-order chi connectivity index (χ1) is 14.0. The van der Waals surface area contributed by atoms with Gasteiger partial charge in [0.05, 0.1) is 46.0 Å². The highest BCUT2D eigenvalue weighted by Crippen LogP contribution is 2.35. The maximum absolute atomic E-state index is 10.6. The number of anilines is 1. The number of rotatable bonds is 8. The number of aliphatic hydroxyl groups excluding tert-OH is 1. The molecule has 1 saturated heterocycles. The Labute approximate surface area is 177 Å². The van der Waals surface area contributed by atoms with Gasteiger partial charge in [0.1, 0.15) is 18.4 Å². The zero-order valence-corrected chi connectivity index (χ0v) is 18.8. The molecule has 1 saturated carbocycles. The van der Waals surface area contributed by atoms with E-state index in [1.807, 2.05) is 12.1 Å². The van der Waals surface area contributed by atoms with E-state index >= 15 is 0 Å². The van der Waals surface area contributed by atoms with E-state index in [1.165, 1.54) is 23.4 Å². The lowest BCUT2D eigenvalue weighted by Gasteiger charge is -2.38. The molecule has 0 spiro atoms. The van der Waals surface area contributed by atoms with Crippen molar-refractivity contribution in [3.63, 3.8) is 0 Å². The predicted molar refractivity (Wildman–Crippen MR) is 118 cm³/mol. The van der Waals surface area contributed by atoms with Crippen LogP contribution < -0.4 is 14.5 Å². The molecule has 0 bridgehead atoms. The molecule has 0 unspecified atom stereocenters. The van der Waals surface area contributed by atoms with Crippen LogP contribution in [0.5, 0.6) is 5.75 Å². The summed E-state index contributed by atoms with van der Waals surface area (Å²) in [5.41, 5.74) is 1.25. The van der Waals surface area contributed by atoms with E-state index in [2.05, 4.69) is 37.8 Å². The number of nitrogens with one attached hydrogen (secondary N) is 1. The van der Waals surface area contributed by atoms with E-state index in [1.54, 1.807) is 7.11 Å². The lowest BCUT2D eigenvalue weighted by Crippen LogP contribution is -3.16. The molecule has 3 rings (SSSR count). The largest absolute Gasteiger partial charge is 0.497 e. The number of methoxy groups -OCH3 is 1. The van der Waals surface area contributed by atoms with Gasteiger partial charge in [0.15, 0.2) is 0 Å². The monoisotopic (exact) mass is 405 g/mol. The summed E-state index contributed by atoms with van der Waals surface area (Å²) in [6.45, 7) is 12.3. The fourth-order valence-corrected chi connectivity index (χ4v) is 5.01. The van der Waals surface area contributed by atoms with E-state index < -0.39 is 0 Å². The quantitative estimate of drug-likeness (QED) is 0.696. The molecule has 164 valence electrons. The van der Waals surface area contributed by atoms with Crippen LogP contribution in [0, 0.1) is 17.8 Å². The van der Waals surface area contributed by atoms with Gasteiger partial charge in [0.2, 0.25) is 0 Å². The minimum Gasteiger partial charge on any atom is -0.497 e. The molecular weight excluding hydrogens is 364 g/mol. The van der Waals surface area contributed by atoms with Crippen LogP contribution in [0.2, 0.25) is 0 Å². The third-order valence-electron chi connectivity index (χ3n) is 6.90. The smallest absolute Gasteiger partial charge is 0.126 e. The molecule has 1 aromatic carbocycles. The van der Waals surface area contributed by atoms with Gasteiger partial charge in [-0.15, -0.1) is 0 Å². The molecule has 2 aliphatic rings. The van der Waals surface area contributed by atoms with Crippen molar-refractivity contribution in [3.05, 3.63) is 24.3 Å². The fraction of sp³-hybridized carbons (Fsp3) is 0.750. The van der Waals surface area contributed by atoms with Crippen LogP contribution in [-0.4, -0.2) is 63.8 Å². The summed E-state index contributed by atoms with van der Waals surface area (Å²) in [6.07, 6.45) is 3.66. The lowest BCUT2D eigenvalue weighted by molar-refractivity contribution is -0.903. The number of hydrogen-bond acceptors (Lipinski definition) is 4. The Morgan fingerprint density at radius 2 is 1.83 bits per heavy atom. The van der Waals surface area contributed by atoms with E-state index in [-0.39, 0.29) is 6.10 Å². The molecule has 5 nitrogen and oxygen atoms in total. The third kappa shape index (κ3) is 6.34. The second-order valence-corrected chi connectivity index (χ2v) is 9.49. The highest BCUT2D eigenvalue weighted by molar-refractivity contribution is 5.49. The molecule has 1 aromatic rings. The Kier molecular flexibility index (Phi) is 8.22. The van der Waals surface area contributed by atoms with Crippen molar-refractivity contribution in [1.82, 2.24) is 0 Å². The SMILES string of the molecule is COc1ccc(N2CC[NH+](C[C@@H](O)CO[C@@H]3C[C@@H](C)CC[C@H]3C(C)C)CC2)cc1. The summed E-state index contributed by atoms with van der Waals surface area (Å²) < 4.78 is 11.5. The van der Waals surface area contributed by atoms with E-state index in [4.69, 9.17) is 9.47 Å². The molecule has 0 amide bonds. The molecule has 1 aliphatic carbocycles. The highest BCUT2D eigenvalue weighted by Gasteiger charge is 2.32. The average molecular weight is 406 g/mol. The summed E-state index contributed by atoms with van der Waals surface area (Å²) >= 11 is 0. The number of piperazine rings is 1. The van der Waals surface area contributed by atoms with Crippen LogP contribution in [-0.2, 0) is 4.74 Å². The zero-order valence-electron chi connectivity index (χ0n) is 18.8. The van der Waals surface area contributed by atoms with E-state index in [0.29, 0.717) is 24.5 Å². The first-order valence-corrected chi connectivity index (χ1v) is 11.5. The number of aliphatic hydroxyl groups is 1. The van der Waals surface area contributed by atoms with Crippen LogP contribution >= 0.6 is 0 Å². The zero-order chi connectivity index (χ0) is 20.8. The van der Waals surface area contributed by atoms with E-state index in [0.717, 1.165) is 50.8 Å². The van der Waals surface area contributed by atoms with Gasteiger partial charge < -0.3 is 24.4 Å². The van der Waals surface area contributed by atoms with Gasteiger partial charge in [0.25, 0.3) is 0 Å².